The summed E-state index contributed by atoms with van der Waals surface area (Å²) in [6.07, 6.45) is 1.02. The smallest absolute Gasteiger partial charge is 0.135 e. The Kier molecular flexibility index (Phi) is 2.06. The summed E-state index contributed by atoms with van der Waals surface area (Å²) < 4.78 is 0. The Morgan fingerprint density at radius 2 is 2.18 bits per heavy atom. The van der Waals surface area contributed by atoms with E-state index in [1.165, 1.54) is 0 Å². The third-order valence-electron chi connectivity index (χ3n) is 2.99. The first-order valence-electron chi connectivity index (χ1n) is 4.12. The summed E-state index contributed by atoms with van der Waals surface area (Å²) >= 11 is 0. The fourth-order valence-corrected chi connectivity index (χ4v) is 1.59. The van der Waals surface area contributed by atoms with E-state index in [-0.39, 0.29) is 17.8 Å². The lowest BCUT2D eigenvalue weighted by molar-refractivity contribution is -0.126. The molecular formula is C9H16O2. The predicted molar refractivity (Wildman–Crippen MR) is 43.1 cm³/mol. The lowest BCUT2D eigenvalue weighted by atomic mass is 9.82. The fourth-order valence-electron chi connectivity index (χ4n) is 1.59. The molecule has 1 fully saturated rings. The monoisotopic (exact) mass is 156 g/mol. The second-order valence-electron chi connectivity index (χ2n) is 4.06. The van der Waals surface area contributed by atoms with Crippen LogP contribution in [0.1, 0.15) is 27.2 Å². The number of aliphatic hydroxyl groups is 1. The Balaban J connectivity index is 2.55. The van der Waals surface area contributed by atoms with E-state index in [1.54, 1.807) is 6.92 Å². The van der Waals surface area contributed by atoms with Gasteiger partial charge >= 0.3 is 0 Å². The second-order valence-corrected chi connectivity index (χ2v) is 4.06. The van der Waals surface area contributed by atoms with Gasteiger partial charge in [0.2, 0.25) is 0 Å². The van der Waals surface area contributed by atoms with Gasteiger partial charge in [0.25, 0.3) is 0 Å². The molecule has 11 heavy (non-hydrogen) atoms. The molecule has 0 aromatic rings. The van der Waals surface area contributed by atoms with E-state index in [0.717, 1.165) is 6.42 Å². The average Bonchev–Trinajstić information content (AvgIpc) is 2.65. The van der Waals surface area contributed by atoms with Gasteiger partial charge in [0.15, 0.2) is 0 Å². The molecule has 2 heteroatoms. The number of aliphatic hydroxyl groups excluding tert-OH is 1. The van der Waals surface area contributed by atoms with Crippen LogP contribution in [0.25, 0.3) is 0 Å². The van der Waals surface area contributed by atoms with Gasteiger partial charge < -0.3 is 5.11 Å². The molecule has 0 aromatic carbocycles. The van der Waals surface area contributed by atoms with Crippen LogP contribution in [0.2, 0.25) is 0 Å². The number of hydrogen-bond acceptors (Lipinski definition) is 2. The fraction of sp³-hybridized carbons (Fsp3) is 0.889. The predicted octanol–water partition coefficient (Wildman–Crippen LogP) is 1.23. The molecule has 2 unspecified atom stereocenters. The number of carbonyl (C=O) groups is 1. The largest absolute Gasteiger partial charge is 0.396 e. The molecule has 1 N–H and O–H groups in total. The Hall–Kier alpha value is -0.370. The van der Waals surface area contributed by atoms with Gasteiger partial charge in [-0.1, -0.05) is 13.8 Å². The van der Waals surface area contributed by atoms with E-state index in [9.17, 15) is 4.79 Å². The summed E-state index contributed by atoms with van der Waals surface area (Å²) in [5, 5.41) is 8.81. The summed E-state index contributed by atoms with van der Waals surface area (Å²) in [6.45, 7) is 5.81. The van der Waals surface area contributed by atoms with Crippen molar-refractivity contribution >= 4 is 5.78 Å². The quantitative estimate of drug-likeness (QED) is 0.667. The minimum absolute atomic E-state index is 0.215. The molecule has 0 aliphatic heterocycles. The molecule has 64 valence electrons. The number of hydrogen-bond donors (Lipinski definition) is 1. The van der Waals surface area contributed by atoms with Crippen molar-refractivity contribution in [2.45, 2.75) is 27.2 Å². The van der Waals surface area contributed by atoms with E-state index in [0.29, 0.717) is 11.8 Å². The van der Waals surface area contributed by atoms with Gasteiger partial charge in [0, 0.05) is 12.0 Å². The maximum absolute atomic E-state index is 11.1. The summed E-state index contributed by atoms with van der Waals surface area (Å²) in [7, 11) is 0. The average molecular weight is 156 g/mol. The minimum atomic E-state index is -0.215. The first-order valence-corrected chi connectivity index (χ1v) is 4.12. The molecule has 0 amide bonds. The Bertz CT molecular complexity index is 172. The molecule has 1 aliphatic rings. The highest BCUT2D eigenvalue weighted by atomic mass is 16.3. The van der Waals surface area contributed by atoms with Crippen molar-refractivity contribution in [1.29, 1.82) is 0 Å². The van der Waals surface area contributed by atoms with Gasteiger partial charge in [-0.2, -0.15) is 0 Å². The van der Waals surface area contributed by atoms with Gasteiger partial charge in [0.05, 0.1) is 0 Å². The van der Waals surface area contributed by atoms with Crippen molar-refractivity contribution in [3.63, 3.8) is 0 Å². The van der Waals surface area contributed by atoms with E-state index < -0.39 is 0 Å². The van der Waals surface area contributed by atoms with E-state index in [2.05, 4.69) is 0 Å². The SMILES string of the molecule is CC(=O)C(C)(C)C1CC1CO. The van der Waals surface area contributed by atoms with E-state index >= 15 is 0 Å². The summed E-state index contributed by atoms with van der Waals surface area (Å²) in [5.41, 5.74) is -0.215. The van der Waals surface area contributed by atoms with Crippen molar-refractivity contribution < 1.29 is 9.90 Å². The van der Waals surface area contributed by atoms with Gasteiger partial charge in [-0.15, -0.1) is 0 Å². The molecule has 2 atom stereocenters. The summed E-state index contributed by atoms with van der Waals surface area (Å²) in [6, 6.07) is 0. The topological polar surface area (TPSA) is 37.3 Å². The van der Waals surface area contributed by atoms with Crippen LogP contribution in [0.15, 0.2) is 0 Å². The van der Waals surface area contributed by atoms with Crippen LogP contribution in [0.3, 0.4) is 0 Å². The van der Waals surface area contributed by atoms with Crippen LogP contribution in [0.5, 0.6) is 0 Å². The highest BCUT2D eigenvalue weighted by molar-refractivity contribution is 5.82. The molecule has 1 aliphatic carbocycles. The van der Waals surface area contributed by atoms with Crippen LogP contribution in [-0.2, 0) is 4.79 Å². The summed E-state index contributed by atoms with van der Waals surface area (Å²) in [4.78, 5) is 11.1. The first-order chi connectivity index (χ1) is 5.00. The number of rotatable bonds is 3. The number of ketones is 1. The van der Waals surface area contributed by atoms with E-state index in [1.807, 2.05) is 13.8 Å². The Morgan fingerprint density at radius 1 is 1.64 bits per heavy atom. The van der Waals surface area contributed by atoms with Crippen molar-refractivity contribution in [2.75, 3.05) is 6.61 Å². The van der Waals surface area contributed by atoms with Crippen LogP contribution in [0.4, 0.5) is 0 Å². The number of Topliss-reactive ketones (excluding diaryl/α,β-unsaturated/α-hetero) is 1. The lowest BCUT2D eigenvalue weighted by Gasteiger charge is -2.20. The van der Waals surface area contributed by atoms with Gasteiger partial charge in [-0.05, 0) is 25.2 Å². The Morgan fingerprint density at radius 3 is 2.45 bits per heavy atom. The molecule has 0 bridgehead atoms. The third kappa shape index (κ3) is 1.45. The highest BCUT2D eigenvalue weighted by Crippen LogP contribution is 2.50. The van der Waals surface area contributed by atoms with Crippen molar-refractivity contribution in [1.82, 2.24) is 0 Å². The molecule has 1 rings (SSSR count). The standard InChI is InChI=1S/C9H16O2/c1-6(11)9(2,3)8-4-7(8)5-10/h7-8,10H,4-5H2,1-3H3. The Labute approximate surface area is 67.6 Å². The van der Waals surface area contributed by atoms with Crippen LogP contribution in [0, 0.1) is 17.3 Å². The molecule has 0 radical (unpaired) electrons. The minimum Gasteiger partial charge on any atom is -0.396 e. The van der Waals surface area contributed by atoms with Gasteiger partial charge in [-0.25, -0.2) is 0 Å². The molecule has 0 heterocycles. The second kappa shape index (κ2) is 2.59. The maximum atomic E-state index is 11.1. The lowest BCUT2D eigenvalue weighted by Crippen LogP contribution is -2.25. The zero-order valence-electron chi connectivity index (χ0n) is 7.42. The van der Waals surface area contributed by atoms with Gasteiger partial charge in [0.1, 0.15) is 5.78 Å². The molecule has 0 spiro atoms. The molecule has 0 saturated heterocycles. The third-order valence-corrected chi connectivity index (χ3v) is 2.99. The zero-order valence-corrected chi connectivity index (χ0v) is 7.42. The van der Waals surface area contributed by atoms with Gasteiger partial charge in [-0.3, -0.25) is 4.79 Å². The van der Waals surface area contributed by atoms with Crippen LogP contribution in [-0.4, -0.2) is 17.5 Å². The molecule has 0 aromatic heterocycles. The van der Waals surface area contributed by atoms with Crippen molar-refractivity contribution in [2.24, 2.45) is 17.3 Å². The van der Waals surface area contributed by atoms with Crippen molar-refractivity contribution in [3.05, 3.63) is 0 Å². The summed E-state index contributed by atoms with van der Waals surface area (Å²) in [5.74, 6) is 1.04. The normalized spacial score (nSPS) is 30.2. The van der Waals surface area contributed by atoms with Crippen LogP contribution >= 0.6 is 0 Å². The highest BCUT2D eigenvalue weighted by Gasteiger charge is 2.49. The molecule has 2 nitrogen and oxygen atoms in total. The van der Waals surface area contributed by atoms with E-state index in [4.69, 9.17) is 5.11 Å². The van der Waals surface area contributed by atoms with Crippen LogP contribution < -0.4 is 0 Å². The molecule has 1 saturated carbocycles. The number of carbonyl (C=O) groups excluding carboxylic acids is 1. The zero-order chi connectivity index (χ0) is 8.65. The van der Waals surface area contributed by atoms with Crippen molar-refractivity contribution in [3.8, 4) is 0 Å². The first kappa shape index (κ1) is 8.72. The molecular weight excluding hydrogens is 140 g/mol. The maximum Gasteiger partial charge on any atom is 0.135 e.